The molecule has 1 aromatic rings. The molecule has 7 heteroatoms. The van der Waals surface area contributed by atoms with Crippen molar-refractivity contribution in [2.24, 2.45) is 11.8 Å². The SMILES string of the molecule is CC(C)CN1C[C@@H](C(=O)NCC#Cc2cccc(C(F)(F)F)c2)CC1=O. The second kappa shape index (κ2) is 8.26. The maximum Gasteiger partial charge on any atom is 0.416 e. The van der Waals surface area contributed by atoms with Gasteiger partial charge in [0.2, 0.25) is 11.8 Å². The van der Waals surface area contributed by atoms with Crippen LogP contribution >= 0.6 is 0 Å². The summed E-state index contributed by atoms with van der Waals surface area (Å²) in [6.07, 6.45) is -4.23. The number of carbonyl (C=O) groups is 2. The van der Waals surface area contributed by atoms with E-state index in [4.69, 9.17) is 0 Å². The summed E-state index contributed by atoms with van der Waals surface area (Å²) in [6, 6.07) is 4.71. The number of nitrogens with zero attached hydrogens (tertiary/aromatic N) is 1. The molecule has 1 aromatic carbocycles. The van der Waals surface area contributed by atoms with Crippen LogP contribution in [0.25, 0.3) is 0 Å². The van der Waals surface area contributed by atoms with Crippen LogP contribution in [0.5, 0.6) is 0 Å². The van der Waals surface area contributed by atoms with Gasteiger partial charge in [0, 0.05) is 25.1 Å². The van der Waals surface area contributed by atoms with Gasteiger partial charge >= 0.3 is 6.18 Å². The molecule has 0 saturated carbocycles. The van der Waals surface area contributed by atoms with Crippen molar-refractivity contribution in [3.05, 3.63) is 35.4 Å². The Labute approximate surface area is 150 Å². The van der Waals surface area contributed by atoms with Crippen molar-refractivity contribution in [3.8, 4) is 11.8 Å². The Balaban J connectivity index is 1.86. The lowest BCUT2D eigenvalue weighted by Gasteiger charge is -2.18. The quantitative estimate of drug-likeness (QED) is 0.833. The zero-order valence-corrected chi connectivity index (χ0v) is 14.7. The Kier molecular flexibility index (Phi) is 6.30. The van der Waals surface area contributed by atoms with E-state index in [-0.39, 0.29) is 30.3 Å². The van der Waals surface area contributed by atoms with Gasteiger partial charge in [-0.3, -0.25) is 9.59 Å². The zero-order valence-electron chi connectivity index (χ0n) is 14.7. The lowest BCUT2D eigenvalue weighted by molar-refractivity contribution is -0.137. The van der Waals surface area contributed by atoms with Crippen LogP contribution in [0.2, 0.25) is 0 Å². The average Bonchev–Trinajstić information content (AvgIpc) is 2.91. The highest BCUT2D eigenvalue weighted by molar-refractivity contribution is 5.89. The van der Waals surface area contributed by atoms with Crippen LogP contribution in [0.1, 0.15) is 31.4 Å². The molecule has 1 fully saturated rings. The predicted molar refractivity (Wildman–Crippen MR) is 90.9 cm³/mol. The summed E-state index contributed by atoms with van der Waals surface area (Å²) in [5.41, 5.74) is -0.531. The van der Waals surface area contributed by atoms with E-state index in [1.165, 1.54) is 12.1 Å². The van der Waals surface area contributed by atoms with Crippen molar-refractivity contribution >= 4 is 11.8 Å². The minimum atomic E-state index is -4.41. The number of likely N-dealkylation sites (tertiary alicyclic amines) is 1. The summed E-state index contributed by atoms with van der Waals surface area (Å²) in [6.45, 7) is 5.04. The largest absolute Gasteiger partial charge is 0.416 e. The molecule has 1 atom stereocenters. The van der Waals surface area contributed by atoms with Crippen molar-refractivity contribution in [1.29, 1.82) is 0 Å². The number of hydrogen-bond donors (Lipinski definition) is 1. The first-order valence-electron chi connectivity index (χ1n) is 8.38. The van der Waals surface area contributed by atoms with E-state index in [9.17, 15) is 22.8 Å². The van der Waals surface area contributed by atoms with E-state index >= 15 is 0 Å². The topological polar surface area (TPSA) is 49.4 Å². The Morgan fingerprint density at radius 1 is 1.38 bits per heavy atom. The molecule has 140 valence electrons. The van der Waals surface area contributed by atoms with Crippen LogP contribution < -0.4 is 5.32 Å². The number of benzene rings is 1. The second-order valence-electron chi connectivity index (χ2n) is 6.69. The fraction of sp³-hybridized carbons (Fsp3) is 0.474. The van der Waals surface area contributed by atoms with Gasteiger partial charge in [-0.1, -0.05) is 31.8 Å². The van der Waals surface area contributed by atoms with Gasteiger partial charge in [0.1, 0.15) is 0 Å². The molecule has 2 rings (SSSR count). The lowest BCUT2D eigenvalue weighted by Crippen LogP contribution is -2.34. The van der Waals surface area contributed by atoms with Crippen molar-refractivity contribution < 1.29 is 22.8 Å². The van der Waals surface area contributed by atoms with Crippen LogP contribution in [0.15, 0.2) is 24.3 Å². The third-order valence-corrected chi connectivity index (χ3v) is 3.94. The van der Waals surface area contributed by atoms with Crippen LogP contribution in [-0.4, -0.2) is 36.3 Å². The molecule has 0 spiro atoms. The molecule has 1 N–H and O–H groups in total. The first-order valence-corrected chi connectivity index (χ1v) is 8.38. The van der Waals surface area contributed by atoms with Gasteiger partial charge in [-0.2, -0.15) is 13.2 Å². The molecule has 0 aliphatic carbocycles. The van der Waals surface area contributed by atoms with Gasteiger partial charge in [-0.25, -0.2) is 0 Å². The van der Waals surface area contributed by atoms with Gasteiger partial charge in [-0.15, -0.1) is 0 Å². The highest BCUT2D eigenvalue weighted by Gasteiger charge is 2.34. The number of carbonyl (C=O) groups excluding carboxylic acids is 2. The number of nitrogens with one attached hydrogen (secondary N) is 1. The van der Waals surface area contributed by atoms with Gasteiger partial charge in [-0.05, 0) is 24.1 Å². The molecule has 0 radical (unpaired) electrons. The zero-order chi connectivity index (χ0) is 19.3. The number of halogens is 3. The number of rotatable bonds is 4. The van der Waals surface area contributed by atoms with E-state index in [1.54, 1.807) is 4.90 Å². The Morgan fingerprint density at radius 3 is 2.77 bits per heavy atom. The molecule has 0 bridgehead atoms. The molecule has 4 nitrogen and oxygen atoms in total. The van der Waals surface area contributed by atoms with Crippen LogP contribution in [-0.2, 0) is 15.8 Å². The van der Waals surface area contributed by atoms with E-state index in [0.717, 1.165) is 12.1 Å². The normalized spacial score (nSPS) is 17.2. The van der Waals surface area contributed by atoms with Gasteiger partial charge < -0.3 is 10.2 Å². The van der Waals surface area contributed by atoms with Gasteiger partial charge in [0.25, 0.3) is 0 Å². The molecule has 2 amide bonds. The lowest BCUT2D eigenvalue weighted by atomic mass is 10.1. The Bertz CT molecular complexity index is 732. The van der Waals surface area contributed by atoms with Crippen LogP contribution in [0.3, 0.4) is 0 Å². The fourth-order valence-electron chi connectivity index (χ4n) is 2.76. The molecule has 0 aromatic heterocycles. The molecule has 1 aliphatic heterocycles. The predicted octanol–water partition coefficient (Wildman–Crippen LogP) is 2.68. The molecule has 1 heterocycles. The summed E-state index contributed by atoms with van der Waals surface area (Å²) in [5, 5.41) is 2.62. The highest BCUT2D eigenvalue weighted by Crippen LogP contribution is 2.29. The molecular formula is C19H21F3N2O2. The maximum atomic E-state index is 12.6. The summed E-state index contributed by atoms with van der Waals surface area (Å²) >= 11 is 0. The monoisotopic (exact) mass is 366 g/mol. The van der Waals surface area contributed by atoms with E-state index in [1.807, 2.05) is 13.8 Å². The number of alkyl halides is 3. The smallest absolute Gasteiger partial charge is 0.345 e. The molecule has 1 saturated heterocycles. The van der Waals surface area contributed by atoms with E-state index in [2.05, 4.69) is 17.2 Å². The standard InChI is InChI=1S/C19H21F3N2O2/c1-13(2)11-24-12-15(10-17(24)25)18(26)23-8-4-6-14-5-3-7-16(9-14)19(20,21)22/h3,5,7,9,13,15H,8,10-12H2,1-2H3,(H,23,26)/t15-/m0/s1. The van der Waals surface area contributed by atoms with Crippen molar-refractivity contribution in [1.82, 2.24) is 10.2 Å². The van der Waals surface area contributed by atoms with E-state index < -0.39 is 17.7 Å². The van der Waals surface area contributed by atoms with Gasteiger partial charge in [0.15, 0.2) is 0 Å². The first kappa shape index (κ1) is 19.8. The van der Waals surface area contributed by atoms with Crippen molar-refractivity contribution in [2.75, 3.05) is 19.6 Å². The van der Waals surface area contributed by atoms with Crippen molar-refractivity contribution in [3.63, 3.8) is 0 Å². The maximum absolute atomic E-state index is 12.6. The molecular weight excluding hydrogens is 345 g/mol. The third-order valence-electron chi connectivity index (χ3n) is 3.94. The molecule has 26 heavy (non-hydrogen) atoms. The summed E-state index contributed by atoms with van der Waals surface area (Å²) < 4.78 is 37.9. The van der Waals surface area contributed by atoms with Crippen LogP contribution in [0.4, 0.5) is 13.2 Å². The molecule has 1 aliphatic rings. The Morgan fingerprint density at radius 2 is 2.12 bits per heavy atom. The number of amides is 2. The summed E-state index contributed by atoms with van der Waals surface area (Å²) in [5.74, 6) is 4.88. The first-order chi connectivity index (χ1) is 12.2. The van der Waals surface area contributed by atoms with Crippen LogP contribution in [0, 0.1) is 23.7 Å². The highest BCUT2D eigenvalue weighted by atomic mass is 19.4. The second-order valence-corrected chi connectivity index (χ2v) is 6.69. The minimum absolute atomic E-state index is 0.0178. The average molecular weight is 366 g/mol. The number of hydrogen-bond acceptors (Lipinski definition) is 2. The third kappa shape index (κ3) is 5.51. The minimum Gasteiger partial charge on any atom is -0.345 e. The summed E-state index contributed by atoms with van der Waals surface area (Å²) in [4.78, 5) is 25.7. The van der Waals surface area contributed by atoms with E-state index in [0.29, 0.717) is 19.0 Å². The molecule has 0 unspecified atom stereocenters. The fourth-order valence-corrected chi connectivity index (χ4v) is 2.76. The Hall–Kier alpha value is -2.49. The summed E-state index contributed by atoms with van der Waals surface area (Å²) in [7, 11) is 0. The van der Waals surface area contributed by atoms with Gasteiger partial charge in [0.05, 0.1) is 18.0 Å². The van der Waals surface area contributed by atoms with Crippen molar-refractivity contribution in [2.45, 2.75) is 26.4 Å².